The Morgan fingerprint density at radius 2 is 1.75 bits per heavy atom. The van der Waals surface area contributed by atoms with Crippen molar-refractivity contribution in [1.29, 1.82) is 0 Å². The molecule has 0 bridgehead atoms. The number of aryl methyl sites for hydroxylation is 1. The van der Waals surface area contributed by atoms with E-state index in [9.17, 15) is 29.7 Å². The molecule has 0 aromatic heterocycles. The first-order chi connectivity index (χ1) is 24.2. The molecule has 4 N–H and O–H groups in total. The van der Waals surface area contributed by atoms with Crippen LogP contribution >= 0.6 is 11.4 Å². The topological polar surface area (TPSA) is 143 Å². The molecule has 2 aliphatic heterocycles. The van der Waals surface area contributed by atoms with Gasteiger partial charge in [-0.05, 0) is 66.6 Å². The van der Waals surface area contributed by atoms with E-state index in [0.717, 1.165) is 39.2 Å². The number of terminal acetylenes is 1. The van der Waals surface area contributed by atoms with Gasteiger partial charge in [0.25, 0.3) is 0 Å². The molecule has 11 nitrogen and oxygen atoms in total. The van der Waals surface area contributed by atoms with E-state index >= 15 is 0 Å². The summed E-state index contributed by atoms with van der Waals surface area (Å²) >= 11 is 0.901. The summed E-state index contributed by atoms with van der Waals surface area (Å²) in [7, 11) is 1.67. The molecule has 2 aliphatic rings. The number of aliphatic hydroxyl groups is 3. The third kappa shape index (κ3) is 10.6. The summed E-state index contributed by atoms with van der Waals surface area (Å²) in [6.45, 7) is 8.01. The van der Waals surface area contributed by atoms with Crippen molar-refractivity contribution in [2.24, 2.45) is 0 Å². The van der Waals surface area contributed by atoms with Gasteiger partial charge in [0, 0.05) is 39.6 Å². The Morgan fingerprint density at radius 1 is 1.06 bits per heavy atom. The first-order valence-corrected chi connectivity index (χ1v) is 18.6. The van der Waals surface area contributed by atoms with Crippen LogP contribution in [0, 0.1) is 19.3 Å². The van der Waals surface area contributed by atoms with Crippen LogP contribution in [0.1, 0.15) is 54.2 Å². The van der Waals surface area contributed by atoms with Crippen LogP contribution in [0.3, 0.4) is 0 Å². The maximum atomic E-state index is 13.3. The predicted octanol–water partition coefficient (Wildman–Crippen LogP) is 1.54. The maximum absolute atomic E-state index is 13.3. The van der Waals surface area contributed by atoms with Gasteiger partial charge in [-0.1, -0.05) is 60.5 Å². The molecule has 0 saturated carbocycles. The first kappa shape index (κ1) is 39.9. The fourth-order valence-electron chi connectivity index (χ4n) is 6.27. The van der Waals surface area contributed by atoms with E-state index in [1.54, 1.807) is 37.2 Å². The normalized spacial score (nSPS) is 23.1. The largest absolute Gasteiger partial charge is 0.387 e. The van der Waals surface area contributed by atoms with Gasteiger partial charge in [-0.25, -0.2) is 11.4 Å². The molecule has 0 aliphatic carbocycles. The summed E-state index contributed by atoms with van der Waals surface area (Å²) in [4.78, 5) is 43.6. The van der Waals surface area contributed by atoms with Gasteiger partial charge in [0.15, 0.2) is 0 Å². The van der Waals surface area contributed by atoms with Crippen molar-refractivity contribution in [3.05, 3.63) is 76.4 Å². The average Bonchev–Trinajstić information content (AvgIpc) is 3.10. The molecule has 51 heavy (non-hydrogen) atoms. The van der Waals surface area contributed by atoms with Crippen molar-refractivity contribution in [2.45, 2.75) is 69.7 Å². The molecule has 2 aromatic rings. The van der Waals surface area contributed by atoms with Crippen molar-refractivity contribution < 1.29 is 34.4 Å². The highest BCUT2D eigenvalue weighted by Crippen LogP contribution is 2.33. The Labute approximate surface area is 305 Å². The number of likely N-dealkylation sites (N-methyl/N-ethyl adjacent to an activating group) is 1. The van der Waals surface area contributed by atoms with Crippen LogP contribution in [0.15, 0.2) is 48.5 Å². The molecule has 4 rings (SSSR count). The minimum atomic E-state index is -1.32. The highest BCUT2D eigenvalue weighted by Gasteiger charge is 2.43. The number of nitrogens with zero attached hydrogens (tertiary/aromatic N) is 3. The highest BCUT2D eigenvalue weighted by atomic mass is 32.1. The number of nitrogens with one attached hydrogen (secondary N) is 1. The molecule has 2 saturated heterocycles. The Kier molecular flexibility index (Phi) is 14.2. The van der Waals surface area contributed by atoms with Crippen molar-refractivity contribution in [3.8, 4) is 12.3 Å². The molecule has 2 heterocycles. The summed E-state index contributed by atoms with van der Waals surface area (Å²) in [5, 5.41) is 36.1. The van der Waals surface area contributed by atoms with Gasteiger partial charge in [-0.3, -0.25) is 19.3 Å². The second-order valence-corrected chi connectivity index (χ2v) is 14.6. The number of benzene rings is 2. The minimum Gasteiger partial charge on any atom is -0.387 e. The molecule has 276 valence electrons. The molecule has 2 aromatic carbocycles. The zero-order valence-corrected chi connectivity index (χ0v) is 31.1. The van der Waals surface area contributed by atoms with Gasteiger partial charge < -0.3 is 35.2 Å². The lowest BCUT2D eigenvalue weighted by Gasteiger charge is -2.40. The SMILES string of the molecule is C#CCN(C)C(=O)CN1CCN(C(=O)C(C)(C)NC(=O)C/C=C/c2ccc(Cc3cc([C@@H]4OC(/C=[SH]\C)[C@@H](O)[C@H](O)[C@H]4O)ccc3C)cc2)CC1. The van der Waals surface area contributed by atoms with Gasteiger partial charge >= 0.3 is 0 Å². The van der Waals surface area contributed by atoms with Gasteiger partial charge in [0.05, 0.1) is 13.1 Å². The molecular weight excluding hydrogens is 669 g/mol. The van der Waals surface area contributed by atoms with E-state index in [1.807, 2.05) is 66.6 Å². The predicted molar refractivity (Wildman–Crippen MR) is 202 cm³/mol. The standard InChI is InChI=1S/C39H52N4O7S/c1-7-17-41(5)33(45)24-42-18-20-43(21-19-42)38(49)39(3,4)40-32(44)10-8-9-27-12-14-28(15-13-27)22-30-23-29(16-11-26(30)2)37-36(48)35(47)34(46)31(50-37)25-51-6/h1,8-9,11-16,23,25,31,34-37,46-48,51H,10,17-22,24H2,2-6H3,(H,40,44)/b9-8+/t31?,34-,35+,36-,37+/m1/s1. The molecular formula is C39H52N4O7S. The average molecular weight is 721 g/mol. The number of rotatable bonds is 12. The maximum Gasteiger partial charge on any atom is 0.247 e. The van der Waals surface area contributed by atoms with E-state index in [2.05, 4.69) is 11.2 Å². The Morgan fingerprint density at radius 3 is 2.39 bits per heavy atom. The van der Waals surface area contributed by atoms with Gasteiger partial charge in [0.2, 0.25) is 17.7 Å². The molecule has 2 fully saturated rings. The number of hydrogen-bond acceptors (Lipinski definition) is 8. The second kappa shape index (κ2) is 18.1. The molecule has 0 radical (unpaired) electrons. The Hall–Kier alpha value is -3.83. The third-order valence-electron chi connectivity index (χ3n) is 9.40. The van der Waals surface area contributed by atoms with Crippen LogP contribution in [-0.4, -0.2) is 136 Å². The van der Waals surface area contributed by atoms with E-state index in [4.69, 9.17) is 11.2 Å². The van der Waals surface area contributed by atoms with E-state index in [-0.39, 0.29) is 37.2 Å². The summed E-state index contributed by atoms with van der Waals surface area (Å²) in [6.07, 6.45) is 6.37. The molecule has 0 spiro atoms. The van der Waals surface area contributed by atoms with Gasteiger partial charge in [-0.15, -0.1) is 6.42 Å². The number of amides is 3. The van der Waals surface area contributed by atoms with Crippen LogP contribution in [0.25, 0.3) is 6.08 Å². The molecule has 1 unspecified atom stereocenters. The highest BCUT2D eigenvalue weighted by molar-refractivity contribution is 7.96. The van der Waals surface area contributed by atoms with Crippen molar-refractivity contribution in [1.82, 2.24) is 20.0 Å². The number of carbonyl (C=O) groups is 3. The van der Waals surface area contributed by atoms with Crippen LogP contribution < -0.4 is 5.32 Å². The fraction of sp³-hybridized carbons (Fsp3) is 0.487. The zero-order valence-electron chi connectivity index (χ0n) is 30.2. The number of ether oxygens (including phenoxy) is 1. The third-order valence-corrected chi connectivity index (χ3v) is 9.99. The fourth-order valence-corrected chi connectivity index (χ4v) is 6.81. The van der Waals surface area contributed by atoms with Gasteiger partial charge in [-0.2, -0.15) is 0 Å². The minimum absolute atomic E-state index is 0.0570. The number of aliphatic hydroxyl groups excluding tert-OH is 3. The summed E-state index contributed by atoms with van der Waals surface area (Å²) in [6, 6.07) is 13.8. The molecule has 3 amide bonds. The number of thiol groups is 1. The molecule has 5 atom stereocenters. The van der Waals surface area contributed by atoms with Crippen LogP contribution in [-0.2, 0) is 25.5 Å². The van der Waals surface area contributed by atoms with Crippen LogP contribution in [0.4, 0.5) is 0 Å². The van der Waals surface area contributed by atoms with Crippen molar-refractivity contribution in [2.75, 3.05) is 52.6 Å². The summed E-state index contributed by atoms with van der Waals surface area (Å²) in [5.41, 5.74) is 3.79. The number of piperazine rings is 1. The summed E-state index contributed by atoms with van der Waals surface area (Å²) < 4.78 is 6.02. The smallest absolute Gasteiger partial charge is 0.247 e. The van der Waals surface area contributed by atoms with E-state index < -0.39 is 36.1 Å². The lowest BCUT2D eigenvalue weighted by atomic mass is 9.89. The van der Waals surface area contributed by atoms with Gasteiger partial charge in [0.1, 0.15) is 36.1 Å². The van der Waals surface area contributed by atoms with Crippen molar-refractivity contribution in [3.63, 3.8) is 0 Å². The summed E-state index contributed by atoms with van der Waals surface area (Å²) in [5.74, 6) is 1.98. The zero-order chi connectivity index (χ0) is 37.3. The second-order valence-electron chi connectivity index (χ2n) is 13.8. The Bertz CT molecular complexity index is 1630. The van der Waals surface area contributed by atoms with Crippen LogP contribution in [0.5, 0.6) is 0 Å². The van der Waals surface area contributed by atoms with E-state index in [0.29, 0.717) is 32.6 Å². The quantitative estimate of drug-likeness (QED) is 0.126. The number of hydrogen-bond donors (Lipinski definition) is 5. The van der Waals surface area contributed by atoms with E-state index in [1.165, 1.54) is 4.90 Å². The monoisotopic (exact) mass is 720 g/mol. The number of carbonyl (C=O) groups excluding carboxylic acids is 3. The first-order valence-electron chi connectivity index (χ1n) is 17.2. The lowest BCUT2D eigenvalue weighted by Crippen LogP contribution is -2.60. The van der Waals surface area contributed by atoms with Crippen LogP contribution in [0.2, 0.25) is 0 Å². The Balaban J connectivity index is 1.27. The van der Waals surface area contributed by atoms with Crippen molar-refractivity contribution >= 4 is 40.5 Å². The lowest BCUT2D eigenvalue weighted by molar-refractivity contribution is -0.204. The molecule has 12 heteroatoms.